The molecule has 1 aromatic rings. The van der Waals surface area contributed by atoms with Crippen LogP contribution in [0.25, 0.3) is 0 Å². The van der Waals surface area contributed by atoms with E-state index in [0.717, 1.165) is 5.56 Å². The number of ether oxygens (including phenoxy) is 1. The number of nitrogens with one attached hydrogen (secondary N) is 1. The Morgan fingerprint density at radius 3 is 2.64 bits per heavy atom. The van der Waals surface area contributed by atoms with E-state index in [1.807, 2.05) is 12.1 Å². The highest BCUT2D eigenvalue weighted by Crippen LogP contribution is 2.36. The van der Waals surface area contributed by atoms with Gasteiger partial charge in [-0.25, -0.2) is 0 Å². The molecule has 152 valence electrons. The summed E-state index contributed by atoms with van der Waals surface area (Å²) in [4.78, 5) is 46.1. The van der Waals surface area contributed by atoms with Gasteiger partial charge in [0.25, 0.3) is 5.91 Å². The van der Waals surface area contributed by atoms with Gasteiger partial charge in [-0.3, -0.25) is 24.5 Å². The summed E-state index contributed by atoms with van der Waals surface area (Å²) in [6, 6.07) is 7.24. The number of rotatable bonds is 9. The van der Waals surface area contributed by atoms with Gasteiger partial charge in [-0.1, -0.05) is 30.7 Å². The summed E-state index contributed by atoms with van der Waals surface area (Å²) in [5.74, 6) is -2.66. The maximum absolute atomic E-state index is 12.0. The molecule has 0 unspecified atom stereocenters. The molecule has 1 N–H and O–H groups in total. The Bertz CT molecular complexity index is 736. The van der Waals surface area contributed by atoms with Gasteiger partial charge in [-0.15, -0.1) is 0 Å². The van der Waals surface area contributed by atoms with Crippen molar-refractivity contribution in [1.29, 1.82) is 0 Å². The second-order valence-electron chi connectivity index (χ2n) is 7.02. The molecule has 1 amide bonds. The molecule has 0 bridgehead atoms. The zero-order chi connectivity index (χ0) is 20.7. The normalized spacial score (nSPS) is 21.4. The molecule has 1 aromatic carbocycles. The van der Waals surface area contributed by atoms with Crippen LogP contribution in [0.3, 0.4) is 0 Å². The molecule has 28 heavy (non-hydrogen) atoms. The van der Waals surface area contributed by atoms with Gasteiger partial charge in [0.1, 0.15) is 5.78 Å². The number of hydrogen-bond acceptors (Lipinski definition) is 6. The smallest absolute Gasteiger partial charge is 0.307 e. The van der Waals surface area contributed by atoms with Crippen LogP contribution in [0.2, 0.25) is 5.02 Å². The summed E-state index contributed by atoms with van der Waals surface area (Å²) < 4.78 is 4.93. The van der Waals surface area contributed by atoms with Gasteiger partial charge in [0, 0.05) is 34.7 Å². The first-order valence-electron chi connectivity index (χ1n) is 9.07. The van der Waals surface area contributed by atoms with E-state index in [9.17, 15) is 24.5 Å². The number of hydrogen-bond donors (Lipinski definition) is 1. The lowest BCUT2D eigenvalue weighted by Gasteiger charge is -2.17. The maximum Gasteiger partial charge on any atom is 0.307 e. The highest BCUT2D eigenvalue weighted by molar-refractivity contribution is 6.30. The number of nitro groups is 1. The van der Waals surface area contributed by atoms with Crippen molar-refractivity contribution >= 4 is 29.3 Å². The molecule has 0 spiro atoms. The maximum atomic E-state index is 12.0. The lowest BCUT2D eigenvalue weighted by molar-refractivity contribution is -0.490. The second-order valence-corrected chi connectivity index (χ2v) is 7.46. The molecule has 0 radical (unpaired) electrons. The Hall–Kier alpha value is -2.48. The number of carbonyl (C=O) groups is 3. The van der Waals surface area contributed by atoms with Crippen molar-refractivity contribution in [3.05, 3.63) is 45.0 Å². The third-order valence-corrected chi connectivity index (χ3v) is 5.20. The van der Waals surface area contributed by atoms with Gasteiger partial charge in [-0.2, -0.15) is 0 Å². The first kappa shape index (κ1) is 21.8. The van der Waals surface area contributed by atoms with Gasteiger partial charge in [0.15, 0.2) is 6.61 Å². The molecule has 1 saturated carbocycles. The van der Waals surface area contributed by atoms with E-state index in [-0.39, 0.29) is 31.1 Å². The molecule has 3 atom stereocenters. The van der Waals surface area contributed by atoms with Crippen LogP contribution in [-0.2, 0) is 25.5 Å². The van der Waals surface area contributed by atoms with Gasteiger partial charge < -0.3 is 10.1 Å². The monoisotopic (exact) mass is 410 g/mol. The summed E-state index contributed by atoms with van der Waals surface area (Å²) in [6.07, 6.45) is 0.593. The summed E-state index contributed by atoms with van der Waals surface area (Å²) in [6.45, 7) is 1.35. The first-order chi connectivity index (χ1) is 13.3. The summed E-state index contributed by atoms with van der Waals surface area (Å²) in [5.41, 5.74) is 1.01. The quantitative estimate of drug-likeness (QED) is 0.378. The van der Waals surface area contributed by atoms with Crippen LogP contribution in [0, 0.1) is 27.9 Å². The number of amides is 1. The number of halogens is 1. The molecule has 1 fully saturated rings. The minimum absolute atomic E-state index is 0.146. The van der Waals surface area contributed by atoms with Gasteiger partial charge in [0.2, 0.25) is 6.54 Å². The molecule has 8 nitrogen and oxygen atoms in total. The molecule has 0 saturated heterocycles. The van der Waals surface area contributed by atoms with Crippen LogP contribution >= 0.6 is 11.6 Å². The lowest BCUT2D eigenvalue weighted by Crippen LogP contribution is -2.32. The van der Waals surface area contributed by atoms with E-state index >= 15 is 0 Å². The van der Waals surface area contributed by atoms with Crippen molar-refractivity contribution in [2.75, 3.05) is 19.7 Å². The van der Waals surface area contributed by atoms with E-state index in [1.54, 1.807) is 19.1 Å². The zero-order valence-corrected chi connectivity index (χ0v) is 16.3. The standard InChI is InChI=1S/C19H23ClN2O6/c1-12-8-17(23)15(16(12)10-22(26)27)9-19(25)28-11-18(24)21-7-6-13-2-4-14(20)5-3-13/h2-5,12,15-16H,6-11H2,1H3,(H,21,24)/t12-,15+,16+/m0/s1. The van der Waals surface area contributed by atoms with Crippen LogP contribution in [0.5, 0.6) is 0 Å². The molecule has 1 aliphatic carbocycles. The second kappa shape index (κ2) is 10.2. The van der Waals surface area contributed by atoms with Crippen molar-refractivity contribution in [3.63, 3.8) is 0 Å². The molecular weight excluding hydrogens is 388 g/mol. The third kappa shape index (κ3) is 6.60. The Morgan fingerprint density at radius 2 is 2.00 bits per heavy atom. The number of esters is 1. The fourth-order valence-corrected chi connectivity index (χ4v) is 3.56. The number of benzene rings is 1. The Kier molecular flexibility index (Phi) is 7.92. The van der Waals surface area contributed by atoms with Crippen molar-refractivity contribution < 1.29 is 24.0 Å². The van der Waals surface area contributed by atoms with Crippen LogP contribution < -0.4 is 5.32 Å². The Morgan fingerprint density at radius 1 is 1.32 bits per heavy atom. The van der Waals surface area contributed by atoms with E-state index in [2.05, 4.69) is 5.32 Å². The average Bonchev–Trinajstić information content (AvgIpc) is 2.88. The Balaban J connectivity index is 1.72. The highest BCUT2D eigenvalue weighted by Gasteiger charge is 2.44. The van der Waals surface area contributed by atoms with E-state index < -0.39 is 35.2 Å². The largest absolute Gasteiger partial charge is 0.456 e. The van der Waals surface area contributed by atoms with Crippen LogP contribution in [-0.4, -0.2) is 42.3 Å². The van der Waals surface area contributed by atoms with Gasteiger partial charge in [-0.05, 0) is 30.0 Å². The van der Waals surface area contributed by atoms with E-state index in [0.29, 0.717) is 18.0 Å². The predicted octanol–water partition coefficient (Wildman–Crippen LogP) is 2.05. The van der Waals surface area contributed by atoms with Crippen molar-refractivity contribution in [2.45, 2.75) is 26.2 Å². The predicted molar refractivity (Wildman–Crippen MR) is 101 cm³/mol. The SMILES string of the molecule is C[C@H]1CC(=O)[C@H](CC(=O)OCC(=O)NCCc2ccc(Cl)cc2)[C@@H]1C[N+](=O)[O-]. The minimum Gasteiger partial charge on any atom is -0.456 e. The van der Waals surface area contributed by atoms with E-state index in [4.69, 9.17) is 16.3 Å². The minimum atomic E-state index is -0.721. The molecule has 1 aliphatic rings. The molecule has 0 aliphatic heterocycles. The first-order valence-corrected chi connectivity index (χ1v) is 9.45. The molecule has 0 aromatic heterocycles. The number of nitrogens with zero attached hydrogens (tertiary/aromatic N) is 1. The number of Topliss-reactive ketones (excluding diaryl/α,β-unsaturated/α-hetero) is 1. The number of carbonyl (C=O) groups excluding carboxylic acids is 3. The Labute approximate surface area is 167 Å². The zero-order valence-electron chi connectivity index (χ0n) is 15.6. The summed E-state index contributed by atoms with van der Waals surface area (Å²) in [7, 11) is 0. The molecule has 2 rings (SSSR count). The molecule has 9 heteroatoms. The van der Waals surface area contributed by atoms with Crippen molar-refractivity contribution in [1.82, 2.24) is 5.32 Å². The number of ketones is 1. The van der Waals surface area contributed by atoms with Crippen molar-refractivity contribution in [2.24, 2.45) is 17.8 Å². The van der Waals surface area contributed by atoms with E-state index in [1.165, 1.54) is 0 Å². The van der Waals surface area contributed by atoms with Crippen LogP contribution in [0.15, 0.2) is 24.3 Å². The topological polar surface area (TPSA) is 116 Å². The molecular formula is C19H23ClN2O6. The molecule has 0 heterocycles. The highest BCUT2D eigenvalue weighted by atomic mass is 35.5. The van der Waals surface area contributed by atoms with Crippen LogP contribution in [0.4, 0.5) is 0 Å². The van der Waals surface area contributed by atoms with Gasteiger partial charge in [0.05, 0.1) is 6.42 Å². The fourth-order valence-electron chi connectivity index (χ4n) is 3.43. The third-order valence-electron chi connectivity index (χ3n) is 4.94. The van der Waals surface area contributed by atoms with Crippen LogP contribution in [0.1, 0.15) is 25.3 Å². The average molecular weight is 411 g/mol. The summed E-state index contributed by atoms with van der Waals surface area (Å²) >= 11 is 5.81. The van der Waals surface area contributed by atoms with Crippen molar-refractivity contribution in [3.8, 4) is 0 Å². The van der Waals surface area contributed by atoms with Gasteiger partial charge >= 0.3 is 5.97 Å². The lowest BCUT2D eigenvalue weighted by atomic mass is 9.88. The summed E-state index contributed by atoms with van der Waals surface area (Å²) in [5, 5.41) is 14.1. The fraction of sp³-hybridized carbons (Fsp3) is 0.526.